The summed E-state index contributed by atoms with van der Waals surface area (Å²) in [5, 5.41) is 56.6. The number of aliphatic hydroxyl groups excluding tert-OH is 5. The predicted molar refractivity (Wildman–Crippen MR) is 273 cm³/mol. The van der Waals surface area contributed by atoms with E-state index in [2.05, 4.69) is 62.5 Å². The first kappa shape index (κ1) is 62.6. The molecule has 1 aliphatic heterocycles. The Labute approximate surface area is 408 Å². The molecular formula is C56H101NO10. The van der Waals surface area contributed by atoms with Gasteiger partial charge in [-0.05, 0) is 77.0 Å². The summed E-state index contributed by atoms with van der Waals surface area (Å²) in [6, 6.07) is -1.03. The number of hydrogen-bond acceptors (Lipinski definition) is 10. The Morgan fingerprint density at radius 2 is 1.04 bits per heavy atom. The van der Waals surface area contributed by atoms with Crippen molar-refractivity contribution in [1.82, 2.24) is 5.32 Å². The maximum absolute atomic E-state index is 13.3. The second-order valence-corrected chi connectivity index (χ2v) is 19.0. The molecule has 1 fully saturated rings. The quantitative estimate of drug-likeness (QED) is 0.0196. The fourth-order valence-corrected chi connectivity index (χ4v) is 8.25. The minimum Gasteiger partial charge on any atom is -0.454 e. The summed E-state index contributed by atoms with van der Waals surface area (Å²) >= 11 is 0. The molecule has 0 bridgehead atoms. The minimum absolute atomic E-state index is 0.112. The van der Waals surface area contributed by atoms with Crippen LogP contribution in [0.25, 0.3) is 0 Å². The zero-order valence-corrected chi connectivity index (χ0v) is 42.8. The lowest BCUT2D eigenvalue weighted by molar-refractivity contribution is -0.305. The molecule has 390 valence electrons. The molecule has 0 radical (unpaired) electrons. The molecular weight excluding hydrogens is 847 g/mol. The van der Waals surface area contributed by atoms with Crippen molar-refractivity contribution in [3.05, 3.63) is 48.6 Å². The normalized spacial score (nSPS) is 20.4. The van der Waals surface area contributed by atoms with E-state index in [1.165, 1.54) is 83.5 Å². The van der Waals surface area contributed by atoms with Gasteiger partial charge in [-0.15, -0.1) is 0 Å². The van der Waals surface area contributed by atoms with Crippen LogP contribution in [-0.2, 0) is 23.8 Å². The number of esters is 1. The van der Waals surface area contributed by atoms with Crippen molar-refractivity contribution in [2.45, 2.75) is 282 Å². The van der Waals surface area contributed by atoms with E-state index >= 15 is 0 Å². The van der Waals surface area contributed by atoms with Crippen molar-refractivity contribution in [1.29, 1.82) is 0 Å². The molecule has 0 aromatic rings. The highest BCUT2D eigenvalue weighted by Crippen LogP contribution is 2.26. The largest absolute Gasteiger partial charge is 0.454 e. The predicted octanol–water partition coefficient (Wildman–Crippen LogP) is 11.7. The molecule has 0 aliphatic carbocycles. The zero-order valence-electron chi connectivity index (χ0n) is 42.8. The van der Waals surface area contributed by atoms with E-state index < -0.39 is 67.4 Å². The molecule has 67 heavy (non-hydrogen) atoms. The molecule has 6 N–H and O–H groups in total. The van der Waals surface area contributed by atoms with Crippen LogP contribution in [0.15, 0.2) is 48.6 Å². The summed E-state index contributed by atoms with van der Waals surface area (Å²) in [6.45, 7) is 5.68. The number of hydrogen-bond donors (Lipinski definition) is 6. The van der Waals surface area contributed by atoms with Crippen molar-refractivity contribution < 1.29 is 49.3 Å². The van der Waals surface area contributed by atoms with Crippen LogP contribution >= 0.6 is 0 Å². The van der Waals surface area contributed by atoms with Crippen molar-refractivity contribution in [2.75, 3.05) is 13.2 Å². The first-order valence-electron chi connectivity index (χ1n) is 27.4. The third-order valence-corrected chi connectivity index (χ3v) is 12.7. The highest BCUT2D eigenvalue weighted by molar-refractivity contribution is 5.80. The molecule has 8 unspecified atom stereocenters. The van der Waals surface area contributed by atoms with E-state index in [9.17, 15) is 35.1 Å². The van der Waals surface area contributed by atoms with E-state index in [-0.39, 0.29) is 19.4 Å². The molecule has 0 aromatic carbocycles. The van der Waals surface area contributed by atoms with Gasteiger partial charge in [0.1, 0.15) is 24.4 Å². The van der Waals surface area contributed by atoms with Gasteiger partial charge in [-0.3, -0.25) is 9.59 Å². The summed E-state index contributed by atoms with van der Waals surface area (Å²) in [5.41, 5.74) is 0. The average molecular weight is 948 g/mol. The first-order valence-corrected chi connectivity index (χ1v) is 27.4. The maximum atomic E-state index is 13.3. The van der Waals surface area contributed by atoms with Gasteiger partial charge in [-0.2, -0.15) is 0 Å². The monoisotopic (exact) mass is 948 g/mol. The van der Waals surface area contributed by atoms with Gasteiger partial charge in [0.15, 0.2) is 12.4 Å². The Bertz CT molecular complexity index is 1270. The Kier molecular flexibility index (Phi) is 41.9. The van der Waals surface area contributed by atoms with Crippen LogP contribution < -0.4 is 5.32 Å². The number of carbonyl (C=O) groups is 2. The smallest absolute Gasteiger partial charge is 0.306 e. The van der Waals surface area contributed by atoms with Crippen LogP contribution in [-0.4, -0.2) is 99.6 Å². The minimum atomic E-state index is -1.62. The molecule has 0 aromatic heterocycles. The molecule has 11 heteroatoms. The van der Waals surface area contributed by atoms with Gasteiger partial charge < -0.3 is 45.1 Å². The van der Waals surface area contributed by atoms with E-state index in [1.807, 2.05) is 6.08 Å². The number of rotatable bonds is 45. The summed E-state index contributed by atoms with van der Waals surface area (Å²) in [7, 11) is 0. The van der Waals surface area contributed by atoms with Crippen LogP contribution in [0.4, 0.5) is 0 Å². The maximum Gasteiger partial charge on any atom is 0.306 e. The highest BCUT2D eigenvalue weighted by Gasteiger charge is 2.47. The molecule has 1 aliphatic rings. The lowest BCUT2D eigenvalue weighted by atomic mass is 9.99. The van der Waals surface area contributed by atoms with Crippen LogP contribution in [0.2, 0.25) is 0 Å². The molecule has 0 spiro atoms. The number of ether oxygens (including phenoxy) is 3. The standard InChI is InChI=1S/C56H101NO10/c1-4-7-10-13-16-19-22-23-24-25-26-29-31-34-37-40-43-49(60)55(64)57-47(48(59)42-39-36-33-30-27-20-17-14-11-8-5-2)46-65-56-54(53(63)52(62)50(45-58)66-56)67-51(61)44-41-38-35-32-28-21-18-15-12-9-6-3/h15-16,18-19,23-24,39,42,47-50,52-54,56,58-60,62-63H,4-14,17,20-22,25-38,40-41,43-46H2,1-3H3,(H,57,64)/b18-15-,19-16-,24-23-,42-39+. The lowest BCUT2D eigenvalue weighted by Crippen LogP contribution is -2.61. The van der Waals surface area contributed by atoms with E-state index in [0.717, 1.165) is 103 Å². The van der Waals surface area contributed by atoms with Gasteiger partial charge in [-0.1, -0.05) is 198 Å². The first-order chi connectivity index (χ1) is 32.7. The zero-order chi connectivity index (χ0) is 49.0. The molecule has 1 saturated heterocycles. The van der Waals surface area contributed by atoms with Crippen LogP contribution in [0.5, 0.6) is 0 Å². The van der Waals surface area contributed by atoms with Crippen LogP contribution in [0.3, 0.4) is 0 Å². The Morgan fingerprint density at radius 1 is 0.582 bits per heavy atom. The lowest BCUT2D eigenvalue weighted by Gasteiger charge is -2.41. The van der Waals surface area contributed by atoms with Crippen molar-refractivity contribution in [3.63, 3.8) is 0 Å². The van der Waals surface area contributed by atoms with Crippen LogP contribution in [0.1, 0.15) is 233 Å². The van der Waals surface area contributed by atoms with Crippen molar-refractivity contribution >= 4 is 11.9 Å². The molecule has 0 saturated carbocycles. The van der Waals surface area contributed by atoms with Gasteiger partial charge >= 0.3 is 5.97 Å². The summed E-state index contributed by atoms with van der Waals surface area (Å²) in [5.74, 6) is -1.21. The van der Waals surface area contributed by atoms with E-state index in [0.29, 0.717) is 12.8 Å². The average Bonchev–Trinajstić information content (AvgIpc) is 3.32. The van der Waals surface area contributed by atoms with Crippen molar-refractivity contribution in [3.8, 4) is 0 Å². The third kappa shape index (κ3) is 33.7. The third-order valence-electron chi connectivity index (χ3n) is 12.7. The fraction of sp³-hybridized carbons (Fsp3) is 0.821. The molecule has 1 amide bonds. The SMILES string of the molecule is CCCC/C=C\CCCCCCCC(=O)OC1C(OCC(NC(=O)C(O)CCCCCCCC/C=C\C/C=C\CCCCC)C(O)/C=C/CCCCCCCCCCC)OC(CO)C(O)C1O. The number of aliphatic hydroxyl groups is 5. The van der Waals surface area contributed by atoms with Crippen LogP contribution in [0, 0.1) is 0 Å². The van der Waals surface area contributed by atoms with Gasteiger partial charge in [-0.25, -0.2) is 0 Å². The molecule has 8 atom stereocenters. The summed E-state index contributed by atoms with van der Waals surface area (Å²) in [6.07, 6.45) is 41.6. The van der Waals surface area contributed by atoms with Gasteiger partial charge in [0.05, 0.1) is 25.4 Å². The number of carbonyl (C=O) groups excluding carboxylic acids is 2. The second-order valence-electron chi connectivity index (χ2n) is 19.0. The number of nitrogens with one attached hydrogen (secondary N) is 1. The van der Waals surface area contributed by atoms with Crippen molar-refractivity contribution in [2.24, 2.45) is 0 Å². The Balaban J connectivity index is 2.76. The van der Waals surface area contributed by atoms with Gasteiger partial charge in [0.2, 0.25) is 5.91 Å². The molecule has 1 heterocycles. The van der Waals surface area contributed by atoms with E-state index in [4.69, 9.17) is 14.2 Å². The molecule has 11 nitrogen and oxygen atoms in total. The number of unbranched alkanes of at least 4 members (excludes halogenated alkanes) is 25. The van der Waals surface area contributed by atoms with Gasteiger partial charge in [0, 0.05) is 6.42 Å². The number of allylic oxidation sites excluding steroid dienone is 7. The Hall–Kier alpha value is -2.38. The van der Waals surface area contributed by atoms with E-state index in [1.54, 1.807) is 6.08 Å². The Morgan fingerprint density at radius 3 is 1.61 bits per heavy atom. The fourth-order valence-electron chi connectivity index (χ4n) is 8.25. The molecule has 1 rings (SSSR count). The highest BCUT2D eigenvalue weighted by atomic mass is 16.7. The summed E-state index contributed by atoms with van der Waals surface area (Å²) in [4.78, 5) is 26.3. The second kappa shape index (κ2) is 44.8. The topological polar surface area (TPSA) is 175 Å². The number of amides is 1. The summed E-state index contributed by atoms with van der Waals surface area (Å²) < 4.78 is 17.5. The van der Waals surface area contributed by atoms with Gasteiger partial charge in [0.25, 0.3) is 0 Å².